The van der Waals surface area contributed by atoms with E-state index in [1.54, 1.807) is 23.7 Å². The first kappa shape index (κ1) is 9.36. The average molecular weight is 209 g/mol. The second-order valence-electron chi connectivity index (χ2n) is 2.94. The number of aryl methyl sites for hydroxylation is 1. The lowest BCUT2D eigenvalue weighted by Gasteiger charge is -1.90. The van der Waals surface area contributed by atoms with Crippen molar-refractivity contribution in [3.8, 4) is 10.8 Å². The minimum atomic E-state index is 0.167. The summed E-state index contributed by atoms with van der Waals surface area (Å²) in [6.07, 6.45) is 4.15. The van der Waals surface area contributed by atoms with Crippen LogP contribution in [0.4, 0.5) is 0 Å². The summed E-state index contributed by atoms with van der Waals surface area (Å²) in [7, 11) is 0. The van der Waals surface area contributed by atoms with E-state index in [4.69, 9.17) is 5.11 Å². The zero-order chi connectivity index (χ0) is 9.97. The predicted molar refractivity (Wildman–Crippen MR) is 55.2 cm³/mol. The first-order valence-electron chi connectivity index (χ1n) is 4.38. The van der Waals surface area contributed by atoms with Gasteiger partial charge in [0.2, 0.25) is 0 Å². The van der Waals surface area contributed by atoms with E-state index in [0.29, 0.717) is 6.42 Å². The van der Waals surface area contributed by atoms with Gasteiger partial charge in [-0.3, -0.25) is 0 Å². The summed E-state index contributed by atoms with van der Waals surface area (Å²) in [4.78, 5) is 12.7. The van der Waals surface area contributed by atoms with Gasteiger partial charge < -0.3 is 10.1 Å². The minimum absolute atomic E-state index is 0.167. The number of aromatic amines is 1. The summed E-state index contributed by atoms with van der Waals surface area (Å²) >= 11 is 1.58. The second-order valence-corrected chi connectivity index (χ2v) is 4.02. The Morgan fingerprint density at radius 1 is 1.57 bits per heavy atom. The molecule has 2 rings (SSSR count). The number of aliphatic hydroxyl groups is 1. The second kappa shape index (κ2) is 3.89. The third-order valence-corrected chi connectivity index (χ3v) is 3.16. The SMILES string of the molecule is Cc1nc(-c2ncc[nH]2)sc1CCO. The van der Waals surface area contributed by atoms with Crippen molar-refractivity contribution in [3.05, 3.63) is 23.0 Å². The van der Waals surface area contributed by atoms with Crippen LogP contribution < -0.4 is 0 Å². The Kier molecular flexibility index (Phi) is 2.60. The smallest absolute Gasteiger partial charge is 0.166 e. The van der Waals surface area contributed by atoms with Gasteiger partial charge in [-0.2, -0.15) is 0 Å². The summed E-state index contributed by atoms with van der Waals surface area (Å²) in [5.41, 5.74) is 0.982. The van der Waals surface area contributed by atoms with Crippen molar-refractivity contribution in [3.63, 3.8) is 0 Å². The van der Waals surface area contributed by atoms with Crippen molar-refractivity contribution in [2.75, 3.05) is 6.61 Å². The normalized spacial score (nSPS) is 10.7. The van der Waals surface area contributed by atoms with Crippen LogP contribution in [0.25, 0.3) is 10.8 Å². The standard InChI is InChI=1S/C9H11N3OS/c1-6-7(2-5-13)14-9(12-6)8-10-3-4-11-8/h3-4,13H,2,5H2,1H3,(H,10,11). The molecule has 0 saturated heterocycles. The van der Waals surface area contributed by atoms with Crippen LogP contribution in [0.3, 0.4) is 0 Å². The van der Waals surface area contributed by atoms with E-state index in [2.05, 4.69) is 15.0 Å². The van der Waals surface area contributed by atoms with Crippen molar-refractivity contribution in [2.45, 2.75) is 13.3 Å². The molecule has 2 heterocycles. The van der Waals surface area contributed by atoms with Gasteiger partial charge in [0.1, 0.15) is 0 Å². The monoisotopic (exact) mass is 209 g/mol. The van der Waals surface area contributed by atoms with Gasteiger partial charge in [0.15, 0.2) is 10.8 Å². The van der Waals surface area contributed by atoms with E-state index in [1.165, 1.54) is 0 Å². The quantitative estimate of drug-likeness (QED) is 0.802. The Bertz CT molecular complexity index is 408. The number of rotatable bonds is 3. The number of H-pyrrole nitrogens is 1. The highest BCUT2D eigenvalue weighted by Crippen LogP contribution is 2.25. The van der Waals surface area contributed by atoms with Crippen molar-refractivity contribution in [1.29, 1.82) is 0 Å². The van der Waals surface area contributed by atoms with Gasteiger partial charge in [-0.05, 0) is 6.92 Å². The molecule has 0 spiro atoms. The molecule has 2 aromatic heterocycles. The maximum atomic E-state index is 8.84. The van der Waals surface area contributed by atoms with Gasteiger partial charge >= 0.3 is 0 Å². The topological polar surface area (TPSA) is 61.8 Å². The molecule has 0 amide bonds. The van der Waals surface area contributed by atoms with Gasteiger partial charge in [0.05, 0.1) is 5.69 Å². The van der Waals surface area contributed by atoms with E-state index in [-0.39, 0.29) is 6.61 Å². The minimum Gasteiger partial charge on any atom is -0.396 e. The number of imidazole rings is 1. The first-order valence-corrected chi connectivity index (χ1v) is 5.20. The number of nitrogens with zero attached hydrogens (tertiary/aromatic N) is 2. The highest BCUT2D eigenvalue weighted by Gasteiger charge is 2.09. The molecule has 0 unspecified atom stereocenters. The Balaban J connectivity index is 2.33. The van der Waals surface area contributed by atoms with Crippen LogP contribution in [0.1, 0.15) is 10.6 Å². The Labute approximate surface area is 85.7 Å². The molecule has 74 valence electrons. The van der Waals surface area contributed by atoms with Crippen molar-refractivity contribution < 1.29 is 5.11 Å². The van der Waals surface area contributed by atoms with E-state index in [9.17, 15) is 0 Å². The molecule has 0 radical (unpaired) electrons. The summed E-state index contributed by atoms with van der Waals surface area (Å²) in [5, 5.41) is 9.72. The molecule has 2 N–H and O–H groups in total. The molecule has 0 fully saturated rings. The molecule has 14 heavy (non-hydrogen) atoms. The number of thiazole rings is 1. The molecule has 0 aromatic carbocycles. The Hall–Kier alpha value is -1.20. The van der Waals surface area contributed by atoms with Crippen LogP contribution in [-0.4, -0.2) is 26.7 Å². The maximum absolute atomic E-state index is 8.84. The molecular weight excluding hydrogens is 198 g/mol. The molecule has 0 atom stereocenters. The van der Waals surface area contributed by atoms with E-state index < -0.39 is 0 Å². The predicted octanol–water partition coefficient (Wildman–Crippen LogP) is 1.38. The number of aromatic nitrogens is 3. The highest BCUT2D eigenvalue weighted by molar-refractivity contribution is 7.15. The van der Waals surface area contributed by atoms with Gasteiger partial charge in [-0.1, -0.05) is 0 Å². The number of hydrogen-bond acceptors (Lipinski definition) is 4. The lowest BCUT2D eigenvalue weighted by Crippen LogP contribution is -1.88. The fourth-order valence-corrected chi connectivity index (χ4v) is 2.26. The average Bonchev–Trinajstić information content (AvgIpc) is 2.76. The first-order chi connectivity index (χ1) is 6.81. The number of nitrogens with one attached hydrogen (secondary N) is 1. The Morgan fingerprint density at radius 2 is 2.43 bits per heavy atom. The molecule has 0 saturated carbocycles. The van der Waals surface area contributed by atoms with Gasteiger partial charge in [0, 0.05) is 30.3 Å². The van der Waals surface area contributed by atoms with Gasteiger partial charge in [-0.25, -0.2) is 9.97 Å². The van der Waals surface area contributed by atoms with Crippen LogP contribution in [0.15, 0.2) is 12.4 Å². The van der Waals surface area contributed by atoms with Crippen molar-refractivity contribution >= 4 is 11.3 Å². The van der Waals surface area contributed by atoms with Crippen LogP contribution in [0, 0.1) is 6.92 Å². The highest BCUT2D eigenvalue weighted by atomic mass is 32.1. The zero-order valence-electron chi connectivity index (χ0n) is 7.82. The van der Waals surface area contributed by atoms with Crippen LogP contribution >= 0.6 is 11.3 Å². The van der Waals surface area contributed by atoms with Crippen molar-refractivity contribution in [2.24, 2.45) is 0 Å². The summed E-state index contributed by atoms with van der Waals surface area (Å²) in [5.74, 6) is 0.794. The van der Waals surface area contributed by atoms with E-state index >= 15 is 0 Å². The van der Waals surface area contributed by atoms with E-state index in [0.717, 1.165) is 21.4 Å². The van der Waals surface area contributed by atoms with Gasteiger partial charge in [-0.15, -0.1) is 11.3 Å². The molecule has 0 aliphatic rings. The Morgan fingerprint density at radius 3 is 3.07 bits per heavy atom. The summed E-state index contributed by atoms with van der Waals surface area (Å²) in [6, 6.07) is 0. The third-order valence-electron chi connectivity index (χ3n) is 1.93. The molecule has 4 nitrogen and oxygen atoms in total. The molecule has 0 bridgehead atoms. The largest absolute Gasteiger partial charge is 0.396 e. The van der Waals surface area contributed by atoms with Crippen LogP contribution in [-0.2, 0) is 6.42 Å². The summed E-state index contributed by atoms with van der Waals surface area (Å²) < 4.78 is 0. The fourth-order valence-electron chi connectivity index (χ4n) is 1.25. The molecule has 5 heteroatoms. The molecule has 0 aliphatic carbocycles. The summed E-state index contributed by atoms with van der Waals surface area (Å²) in [6.45, 7) is 2.12. The molecular formula is C9H11N3OS. The lowest BCUT2D eigenvalue weighted by molar-refractivity contribution is 0.300. The van der Waals surface area contributed by atoms with E-state index in [1.807, 2.05) is 6.92 Å². The van der Waals surface area contributed by atoms with Gasteiger partial charge in [0.25, 0.3) is 0 Å². The van der Waals surface area contributed by atoms with Crippen LogP contribution in [0.5, 0.6) is 0 Å². The molecule has 2 aromatic rings. The maximum Gasteiger partial charge on any atom is 0.166 e. The van der Waals surface area contributed by atoms with Crippen molar-refractivity contribution in [1.82, 2.24) is 15.0 Å². The van der Waals surface area contributed by atoms with Crippen LogP contribution in [0.2, 0.25) is 0 Å². The zero-order valence-corrected chi connectivity index (χ0v) is 8.64. The lowest BCUT2D eigenvalue weighted by atomic mass is 10.3. The fraction of sp³-hybridized carbons (Fsp3) is 0.333. The number of aliphatic hydroxyl groups excluding tert-OH is 1. The number of hydrogen-bond donors (Lipinski definition) is 2. The molecule has 0 aliphatic heterocycles. The third kappa shape index (κ3) is 1.69.